The van der Waals surface area contributed by atoms with Gasteiger partial charge in [0.2, 0.25) is 5.91 Å². The smallest absolute Gasteiger partial charge is 0.273 e. The summed E-state index contributed by atoms with van der Waals surface area (Å²) >= 11 is 0. The number of aromatic amines is 1. The van der Waals surface area contributed by atoms with E-state index in [2.05, 4.69) is 10.1 Å². The van der Waals surface area contributed by atoms with E-state index in [1.54, 1.807) is 30.6 Å². The Bertz CT molecular complexity index is 791. The van der Waals surface area contributed by atoms with Crippen molar-refractivity contribution in [2.75, 3.05) is 13.7 Å². The number of aromatic nitrogens is 3. The third-order valence-electron chi connectivity index (χ3n) is 4.48. The first-order valence-corrected chi connectivity index (χ1v) is 7.69. The number of nitrogens with one attached hydrogen (secondary N) is 1. The fourth-order valence-electron chi connectivity index (χ4n) is 2.79. The van der Waals surface area contributed by atoms with E-state index in [0.29, 0.717) is 23.9 Å². The van der Waals surface area contributed by atoms with Gasteiger partial charge in [-0.15, -0.1) is 0 Å². The molecule has 0 saturated carbocycles. The van der Waals surface area contributed by atoms with E-state index in [4.69, 9.17) is 5.11 Å². The fourth-order valence-corrected chi connectivity index (χ4v) is 2.79. The second kappa shape index (κ2) is 6.54. The lowest BCUT2D eigenvalue weighted by atomic mass is 10.00. The first-order valence-electron chi connectivity index (χ1n) is 7.69. The molecule has 2 N–H and O–H groups in total. The van der Waals surface area contributed by atoms with Gasteiger partial charge in [0.05, 0.1) is 18.0 Å². The summed E-state index contributed by atoms with van der Waals surface area (Å²) in [6.07, 6.45) is 0.844. The van der Waals surface area contributed by atoms with Gasteiger partial charge in [0.15, 0.2) is 5.65 Å². The zero-order chi connectivity index (χ0) is 17.3. The highest BCUT2D eigenvalue weighted by molar-refractivity contribution is 5.81. The third kappa shape index (κ3) is 3.14. The van der Waals surface area contributed by atoms with E-state index < -0.39 is 0 Å². The van der Waals surface area contributed by atoms with E-state index in [1.165, 1.54) is 0 Å². The van der Waals surface area contributed by atoms with E-state index >= 15 is 0 Å². The van der Waals surface area contributed by atoms with Crippen molar-refractivity contribution in [3.05, 3.63) is 27.2 Å². The number of carbonyl (C=O) groups is 1. The Morgan fingerprint density at radius 2 is 2.09 bits per heavy atom. The Morgan fingerprint density at radius 1 is 1.43 bits per heavy atom. The maximum atomic E-state index is 12.2. The number of fused-ring (bicyclic) bond motifs is 1. The number of aliphatic hydroxyl groups is 1. The SMILES string of the molecule is Cc1nc2c(c(C)c1CCC(=O)N(C)C(C)CO)c(=O)[nH]n2C. The molecule has 0 fully saturated rings. The van der Waals surface area contributed by atoms with E-state index in [-0.39, 0.29) is 24.1 Å². The quantitative estimate of drug-likeness (QED) is 0.846. The molecule has 0 aliphatic carbocycles. The molecular formula is C16H24N4O3. The van der Waals surface area contributed by atoms with Gasteiger partial charge in [-0.05, 0) is 38.3 Å². The van der Waals surface area contributed by atoms with Gasteiger partial charge in [0.25, 0.3) is 5.56 Å². The lowest BCUT2D eigenvalue weighted by molar-refractivity contribution is -0.132. The summed E-state index contributed by atoms with van der Waals surface area (Å²) in [5, 5.41) is 12.4. The number of hydrogen-bond donors (Lipinski definition) is 2. The lowest BCUT2D eigenvalue weighted by Gasteiger charge is -2.23. The minimum absolute atomic E-state index is 0.0348. The summed E-state index contributed by atoms with van der Waals surface area (Å²) in [7, 11) is 3.44. The Hall–Kier alpha value is -2.15. The van der Waals surface area contributed by atoms with Crippen LogP contribution in [0.1, 0.15) is 30.2 Å². The zero-order valence-electron chi connectivity index (χ0n) is 14.3. The summed E-state index contributed by atoms with van der Waals surface area (Å²) in [6.45, 7) is 5.52. The van der Waals surface area contributed by atoms with Gasteiger partial charge in [-0.1, -0.05) is 0 Å². The number of aliphatic hydroxyl groups excluding tert-OH is 1. The van der Waals surface area contributed by atoms with E-state index in [0.717, 1.165) is 16.8 Å². The molecule has 23 heavy (non-hydrogen) atoms. The van der Waals surface area contributed by atoms with Crippen molar-refractivity contribution in [1.29, 1.82) is 0 Å². The summed E-state index contributed by atoms with van der Waals surface area (Å²) in [6, 6.07) is -0.206. The van der Waals surface area contributed by atoms with Crippen LogP contribution in [0.5, 0.6) is 0 Å². The normalized spacial score (nSPS) is 12.6. The molecule has 2 heterocycles. The van der Waals surface area contributed by atoms with E-state index in [1.807, 2.05) is 13.8 Å². The Morgan fingerprint density at radius 3 is 2.70 bits per heavy atom. The predicted molar refractivity (Wildman–Crippen MR) is 88.4 cm³/mol. The minimum Gasteiger partial charge on any atom is -0.394 e. The first-order chi connectivity index (χ1) is 10.8. The molecule has 2 aromatic heterocycles. The van der Waals surface area contributed by atoms with Crippen LogP contribution in [0.4, 0.5) is 0 Å². The molecule has 0 aliphatic heterocycles. The number of hydrogen-bond acceptors (Lipinski definition) is 4. The Labute approximate surface area is 134 Å². The van der Waals surface area contributed by atoms with Gasteiger partial charge in [-0.25, -0.2) is 4.98 Å². The van der Waals surface area contributed by atoms with Gasteiger partial charge in [-0.2, -0.15) is 0 Å². The summed E-state index contributed by atoms with van der Waals surface area (Å²) in [4.78, 5) is 30.3. The predicted octanol–water partition coefficient (Wildman–Crippen LogP) is 0.650. The maximum Gasteiger partial charge on any atom is 0.273 e. The molecule has 126 valence electrons. The number of rotatable bonds is 5. The molecule has 1 atom stereocenters. The number of H-pyrrole nitrogens is 1. The van der Waals surface area contributed by atoms with Crippen LogP contribution >= 0.6 is 0 Å². The van der Waals surface area contributed by atoms with Crippen molar-refractivity contribution in [3.8, 4) is 0 Å². The molecule has 0 radical (unpaired) electrons. The van der Waals surface area contributed by atoms with Crippen LogP contribution in [-0.4, -0.2) is 50.4 Å². The van der Waals surface area contributed by atoms with Gasteiger partial charge < -0.3 is 10.0 Å². The highest BCUT2D eigenvalue weighted by Gasteiger charge is 2.18. The number of amides is 1. The van der Waals surface area contributed by atoms with Crippen LogP contribution in [0.15, 0.2) is 4.79 Å². The fraction of sp³-hybridized carbons (Fsp3) is 0.562. The molecular weight excluding hydrogens is 296 g/mol. The van der Waals surface area contributed by atoms with Crippen LogP contribution in [0.2, 0.25) is 0 Å². The Balaban J connectivity index is 2.29. The maximum absolute atomic E-state index is 12.2. The standard InChI is InChI=1S/C16H24N4O3/c1-9(8-21)19(4)13(22)7-6-12-10(2)14-15(17-11(12)3)20(5)18-16(14)23/h9,21H,6-8H2,1-5H3,(H,18,23). The average molecular weight is 320 g/mol. The number of nitrogens with zero attached hydrogens (tertiary/aromatic N) is 3. The van der Waals surface area contributed by atoms with Gasteiger partial charge in [0.1, 0.15) is 0 Å². The molecule has 1 amide bonds. The molecule has 0 saturated heterocycles. The van der Waals surface area contributed by atoms with Gasteiger partial charge >= 0.3 is 0 Å². The van der Waals surface area contributed by atoms with Crippen molar-refractivity contribution < 1.29 is 9.90 Å². The molecule has 0 aliphatic rings. The largest absolute Gasteiger partial charge is 0.394 e. The molecule has 0 aromatic carbocycles. The summed E-state index contributed by atoms with van der Waals surface area (Å²) < 4.78 is 1.61. The molecule has 0 bridgehead atoms. The number of aryl methyl sites for hydroxylation is 3. The van der Waals surface area contributed by atoms with Crippen LogP contribution < -0.4 is 5.56 Å². The molecule has 2 rings (SSSR count). The molecule has 0 spiro atoms. The summed E-state index contributed by atoms with van der Waals surface area (Å²) in [5.41, 5.74) is 3.11. The second-order valence-electron chi connectivity index (χ2n) is 6.04. The van der Waals surface area contributed by atoms with Crippen LogP contribution in [0.3, 0.4) is 0 Å². The van der Waals surface area contributed by atoms with Crippen LogP contribution in [0.25, 0.3) is 11.0 Å². The highest BCUT2D eigenvalue weighted by Crippen LogP contribution is 2.21. The van der Waals surface area contributed by atoms with Gasteiger partial charge in [-0.3, -0.25) is 19.4 Å². The monoisotopic (exact) mass is 320 g/mol. The molecule has 1 unspecified atom stereocenters. The van der Waals surface area contributed by atoms with Crippen molar-refractivity contribution in [3.63, 3.8) is 0 Å². The van der Waals surface area contributed by atoms with E-state index in [9.17, 15) is 9.59 Å². The summed E-state index contributed by atoms with van der Waals surface area (Å²) in [5.74, 6) is -0.0348. The number of pyridine rings is 1. The molecule has 7 heteroatoms. The first kappa shape index (κ1) is 17.2. The molecule has 7 nitrogen and oxygen atoms in total. The van der Waals surface area contributed by atoms with Crippen molar-refractivity contribution in [2.24, 2.45) is 7.05 Å². The zero-order valence-corrected chi connectivity index (χ0v) is 14.3. The van der Waals surface area contributed by atoms with Crippen LogP contribution in [-0.2, 0) is 18.3 Å². The van der Waals surface area contributed by atoms with Crippen LogP contribution in [0, 0.1) is 13.8 Å². The second-order valence-corrected chi connectivity index (χ2v) is 6.04. The third-order valence-corrected chi connectivity index (χ3v) is 4.48. The average Bonchev–Trinajstić information content (AvgIpc) is 2.79. The number of likely N-dealkylation sites (N-methyl/N-ethyl adjacent to an activating group) is 1. The number of carbonyl (C=O) groups excluding carboxylic acids is 1. The van der Waals surface area contributed by atoms with Crippen molar-refractivity contribution in [2.45, 2.75) is 39.7 Å². The van der Waals surface area contributed by atoms with Crippen molar-refractivity contribution in [1.82, 2.24) is 19.7 Å². The topological polar surface area (TPSA) is 91.2 Å². The minimum atomic E-state index is -0.206. The Kier molecular flexibility index (Phi) is 4.89. The lowest BCUT2D eigenvalue weighted by Crippen LogP contribution is -2.37. The van der Waals surface area contributed by atoms with Gasteiger partial charge in [0, 0.05) is 26.2 Å². The highest BCUT2D eigenvalue weighted by atomic mass is 16.3. The molecule has 2 aromatic rings. The van der Waals surface area contributed by atoms with Crippen molar-refractivity contribution >= 4 is 16.9 Å².